The summed E-state index contributed by atoms with van der Waals surface area (Å²) in [6, 6.07) is 5.77. The molecule has 0 unspecified atom stereocenters. The fraction of sp³-hybridized carbons (Fsp3) is 0.429. The molecule has 1 heterocycles. The first kappa shape index (κ1) is 15.1. The smallest absolute Gasteiger partial charge is 0.320 e. The van der Waals surface area contributed by atoms with Gasteiger partial charge in [-0.2, -0.15) is 0 Å². The van der Waals surface area contributed by atoms with Crippen LogP contribution in [-0.2, 0) is 6.54 Å². The number of aromatic nitrogens is 2. The summed E-state index contributed by atoms with van der Waals surface area (Å²) in [5, 5.41) is 14.2. The van der Waals surface area contributed by atoms with Crippen molar-refractivity contribution in [1.82, 2.24) is 15.5 Å². The van der Waals surface area contributed by atoms with E-state index >= 15 is 0 Å². The summed E-state index contributed by atoms with van der Waals surface area (Å²) in [7, 11) is 3.20. The topological polar surface area (TPSA) is 81.4 Å². The zero-order valence-electron chi connectivity index (χ0n) is 12.5. The van der Waals surface area contributed by atoms with Gasteiger partial charge in [-0.15, -0.1) is 5.10 Å². The first-order valence-electron chi connectivity index (χ1n) is 6.78. The lowest BCUT2D eigenvalue weighted by molar-refractivity contribution is 0.394. The lowest BCUT2D eigenvalue weighted by Crippen LogP contribution is -2.13. The van der Waals surface area contributed by atoms with Crippen molar-refractivity contribution in [2.75, 3.05) is 26.1 Å². The van der Waals surface area contributed by atoms with E-state index in [9.17, 15) is 0 Å². The van der Waals surface area contributed by atoms with Crippen LogP contribution in [0.15, 0.2) is 22.6 Å². The molecule has 2 aromatic rings. The molecule has 2 rings (SSSR count). The molecule has 0 aliphatic rings. The van der Waals surface area contributed by atoms with Crippen LogP contribution in [0.25, 0.3) is 0 Å². The Hall–Kier alpha value is -2.28. The number of rotatable bonds is 8. The van der Waals surface area contributed by atoms with Crippen molar-refractivity contribution in [2.45, 2.75) is 19.9 Å². The first-order valence-corrected chi connectivity index (χ1v) is 6.78. The van der Waals surface area contributed by atoms with E-state index in [1.807, 2.05) is 12.1 Å². The first-order chi connectivity index (χ1) is 10.2. The van der Waals surface area contributed by atoms with Gasteiger partial charge < -0.3 is 24.5 Å². The van der Waals surface area contributed by atoms with Crippen LogP contribution in [0, 0.1) is 0 Å². The van der Waals surface area contributed by atoms with Crippen molar-refractivity contribution in [2.24, 2.45) is 0 Å². The number of ether oxygens (including phenoxy) is 2. The van der Waals surface area contributed by atoms with Gasteiger partial charge in [0.05, 0.1) is 20.8 Å². The second-order valence-electron chi connectivity index (χ2n) is 4.40. The standard InChI is InChI=1S/C14H20N4O3/c1-4-5-15-9-13-17-18-14(21-13)16-10-6-11(19-2)8-12(7-10)20-3/h6-8,15H,4-5,9H2,1-3H3,(H,16,18). The van der Waals surface area contributed by atoms with Gasteiger partial charge in [0.15, 0.2) is 0 Å². The van der Waals surface area contributed by atoms with Crippen LogP contribution in [0.5, 0.6) is 11.5 Å². The van der Waals surface area contributed by atoms with E-state index in [0.717, 1.165) is 18.7 Å². The Morgan fingerprint density at radius 2 is 1.81 bits per heavy atom. The minimum atomic E-state index is 0.332. The van der Waals surface area contributed by atoms with Crippen molar-refractivity contribution in [3.05, 3.63) is 24.1 Å². The molecule has 21 heavy (non-hydrogen) atoms. The molecule has 7 nitrogen and oxygen atoms in total. The quantitative estimate of drug-likeness (QED) is 0.723. The van der Waals surface area contributed by atoms with E-state index in [0.29, 0.717) is 29.9 Å². The van der Waals surface area contributed by atoms with Crippen LogP contribution in [-0.4, -0.2) is 31.0 Å². The van der Waals surface area contributed by atoms with Gasteiger partial charge in [-0.25, -0.2) is 0 Å². The highest BCUT2D eigenvalue weighted by Crippen LogP contribution is 2.27. The minimum Gasteiger partial charge on any atom is -0.497 e. The Balaban J connectivity index is 2.04. The van der Waals surface area contributed by atoms with Crippen LogP contribution < -0.4 is 20.1 Å². The molecule has 7 heteroatoms. The average molecular weight is 292 g/mol. The van der Waals surface area contributed by atoms with Crippen molar-refractivity contribution in [3.63, 3.8) is 0 Å². The van der Waals surface area contributed by atoms with Gasteiger partial charge in [-0.3, -0.25) is 0 Å². The second-order valence-corrected chi connectivity index (χ2v) is 4.40. The summed E-state index contributed by atoms with van der Waals surface area (Å²) in [5.74, 6) is 1.91. The monoisotopic (exact) mass is 292 g/mol. The van der Waals surface area contributed by atoms with Crippen LogP contribution >= 0.6 is 0 Å². The number of anilines is 2. The molecule has 1 aromatic carbocycles. The summed E-state index contributed by atoms with van der Waals surface area (Å²) in [4.78, 5) is 0. The molecule has 0 bridgehead atoms. The predicted octanol–water partition coefficient (Wildman–Crippen LogP) is 2.33. The van der Waals surface area contributed by atoms with E-state index < -0.39 is 0 Å². The van der Waals surface area contributed by atoms with Crippen molar-refractivity contribution in [1.29, 1.82) is 0 Å². The number of nitrogens with zero attached hydrogens (tertiary/aromatic N) is 2. The predicted molar refractivity (Wildman–Crippen MR) is 79.1 cm³/mol. The highest BCUT2D eigenvalue weighted by atomic mass is 16.5. The third-order valence-corrected chi connectivity index (χ3v) is 2.77. The molecule has 0 saturated heterocycles. The van der Waals surface area contributed by atoms with E-state index in [1.54, 1.807) is 20.3 Å². The summed E-state index contributed by atoms with van der Waals surface area (Å²) in [6.45, 7) is 3.58. The molecular formula is C14H20N4O3. The molecule has 2 N–H and O–H groups in total. The Morgan fingerprint density at radius 1 is 1.10 bits per heavy atom. The van der Waals surface area contributed by atoms with Crippen molar-refractivity contribution >= 4 is 11.7 Å². The zero-order valence-corrected chi connectivity index (χ0v) is 12.5. The number of methoxy groups -OCH3 is 2. The summed E-state index contributed by atoms with van der Waals surface area (Å²) in [5.41, 5.74) is 0.753. The van der Waals surface area contributed by atoms with E-state index in [-0.39, 0.29) is 0 Å². The largest absolute Gasteiger partial charge is 0.497 e. The number of hydrogen-bond donors (Lipinski definition) is 2. The number of hydrogen-bond acceptors (Lipinski definition) is 7. The zero-order chi connectivity index (χ0) is 15.1. The van der Waals surface area contributed by atoms with E-state index in [1.165, 1.54) is 0 Å². The molecule has 0 spiro atoms. The third kappa shape index (κ3) is 4.35. The van der Waals surface area contributed by atoms with Gasteiger partial charge in [-0.05, 0) is 13.0 Å². The molecule has 1 aromatic heterocycles. The highest BCUT2D eigenvalue weighted by Gasteiger charge is 2.08. The lowest BCUT2D eigenvalue weighted by Gasteiger charge is -2.08. The van der Waals surface area contributed by atoms with Gasteiger partial charge in [0.2, 0.25) is 5.89 Å². The van der Waals surface area contributed by atoms with Gasteiger partial charge >= 0.3 is 6.01 Å². The summed E-state index contributed by atoms with van der Waals surface area (Å²) < 4.78 is 15.9. The Kier molecular flexibility index (Phi) is 5.39. The van der Waals surface area contributed by atoms with Crippen molar-refractivity contribution < 1.29 is 13.9 Å². The summed E-state index contributed by atoms with van der Waals surface area (Å²) >= 11 is 0. The van der Waals surface area contributed by atoms with Crippen LogP contribution in [0.1, 0.15) is 19.2 Å². The normalized spacial score (nSPS) is 10.4. The van der Waals surface area contributed by atoms with Gasteiger partial charge in [0.25, 0.3) is 0 Å². The highest BCUT2D eigenvalue weighted by molar-refractivity contribution is 5.58. The number of nitrogens with one attached hydrogen (secondary N) is 2. The summed E-state index contributed by atoms with van der Waals surface area (Å²) in [6.07, 6.45) is 1.06. The molecule has 0 amide bonds. The lowest BCUT2D eigenvalue weighted by atomic mass is 10.3. The van der Waals surface area contributed by atoms with Crippen LogP contribution in [0.4, 0.5) is 11.7 Å². The van der Waals surface area contributed by atoms with Crippen LogP contribution in [0.3, 0.4) is 0 Å². The van der Waals surface area contributed by atoms with Crippen LogP contribution in [0.2, 0.25) is 0 Å². The molecule has 0 saturated carbocycles. The second kappa shape index (κ2) is 7.49. The fourth-order valence-corrected chi connectivity index (χ4v) is 1.75. The maximum Gasteiger partial charge on any atom is 0.320 e. The Labute approximate surface area is 123 Å². The Bertz CT molecular complexity index is 549. The molecule has 0 aliphatic heterocycles. The molecule has 0 radical (unpaired) electrons. The fourth-order valence-electron chi connectivity index (χ4n) is 1.75. The van der Waals surface area contributed by atoms with Gasteiger partial charge in [-0.1, -0.05) is 12.0 Å². The molecular weight excluding hydrogens is 272 g/mol. The van der Waals surface area contributed by atoms with Gasteiger partial charge in [0, 0.05) is 23.9 Å². The maximum absolute atomic E-state index is 5.50. The SMILES string of the molecule is CCCNCc1nnc(Nc2cc(OC)cc(OC)c2)o1. The maximum atomic E-state index is 5.50. The molecule has 0 fully saturated rings. The average Bonchev–Trinajstić information content (AvgIpc) is 2.94. The minimum absolute atomic E-state index is 0.332. The molecule has 0 aliphatic carbocycles. The molecule has 114 valence electrons. The number of benzene rings is 1. The molecule has 0 atom stereocenters. The third-order valence-electron chi connectivity index (χ3n) is 2.77. The van der Waals surface area contributed by atoms with Gasteiger partial charge in [0.1, 0.15) is 11.5 Å². The van der Waals surface area contributed by atoms with E-state index in [2.05, 4.69) is 27.8 Å². The Morgan fingerprint density at radius 3 is 2.43 bits per heavy atom. The van der Waals surface area contributed by atoms with Crippen molar-refractivity contribution in [3.8, 4) is 11.5 Å². The van der Waals surface area contributed by atoms with E-state index in [4.69, 9.17) is 13.9 Å².